The maximum Gasteiger partial charge on any atom is 0.244 e. The lowest BCUT2D eigenvalue weighted by Gasteiger charge is -2.24. The topological polar surface area (TPSA) is 87.7 Å². The van der Waals surface area contributed by atoms with Crippen molar-refractivity contribution in [3.63, 3.8) is 0 Å². The molecule has 22 heavy (non-hydrogen) atoms. The molecular weight excluding hydrogens is 344 g/mol. The van der Waals surface area contributed by atoms with Crippen LogP contribution in [0, 0.1) is 11.3 Å². The Hall–Kier alpha value is -2.26. The number of rotatable bonds is 3. The van der Waals surface area contributed by atoms with Gasteiger partial charge in [0.15, 0.2) is 0 Å². The molecule has 1 aromatic carbocycles. The maximum atomic E-state index is 9.54. The molecule has 0 spiro atoms. The normalized spacial score (nSPS) is 16.9. The molecule has 2 heterocycles. The number of hydrogen-bond acceptors (Lipinski definition) is 4. The van der Waals surface area contributed by atoms with E-state index in [2.05, 4.69) is 39.1 Å². The molecule has 1 aliphatic heterocycles. The Morgan fingerprint density at radius 2 is 2.32 bits per heavy atom. The van der Waals surface area contributed by atoms with Gasteiger partial charge in [-0.1, -0.05) is 41.4 Å². The molecule has 0 fully saturated rings. The third kappa shape index (κ3) is 2.38. The Morgan fingerprint density at radius 3 is 3.00 bits per heavy atom. The predicted octanol–water partition coefficient (Wildman–Crippen LogP) is 3.34. The summed E-state index contributed by atoms with van der Waals surface area (Å²) in [7, 11) is 0. The highest BCUT2D eigenvalue weighted by molar-refractivity contribution is 9.10. The average molecular weight is 359 g/mol. The molecule has 0 radical (unpaired) electrons. The molecule has 3 N–H and O–H groups in total. The van der Waals surface area contributed by atoms with Gasteiger partial charge in [-0.15, -0.1) is 5.10 Å². The molecule has 112 valence electrons. The monoisotopic (exact) mass is 358 g/mol. The van der Waals surface area contributed by atoms with Crippen LogP contribution in [-0.2, 0) is 6.42 Å². The quantitative estimate of drug-likeness (QED) is 0.880. The minimum Gasteiger partial charge on any atom is -0.420 e. The Kier molecular flexibility index (Phi) is 3.90. The first-order valence-electron chi connectivity index (χ1n) is 7.05. The van der Waals surface area contributed by atoms with Crippen molar-refractivity contribution in [1.82, 2.24) is 10.2 Å². The van der Waals surface area contributed by atoms with Gasteiger partial charge in [0.1, 0.15) is 11.6 Å². The molecule has 3 rings (SSSR count). The molecule has 0 unspecified atom stereocenters. The Balaban J connectivity index is 2.21. The Bertz CT molecular complexity index is 788. The lowest BCUT2D eigenvalue weighted by atomic mass is 9.83. The highest BCUT2D eigenvalue weighted by Gasteiger charge is 2.34. The number of aromatic amines is 1. The first-order valence-corrected chi connectivity index (χ1v) is 7.85. The molecule has 0 amide bonds. The van der Waals surface area contributed by atoms with Gasteiger partial charge in [0.05, 0.1) is 5.92 Å². The molecule has 1 aliphatic rings. The summed E-state index contributed by atoms with van der Waals surface area (Å²) in [5, 5.41) is 16.8. The van der Waals surface area contributed by atoms with Crippen LogP contribution >= 0.6 is 15.9 Å². The third-order valence-electron chi connectivity index (χ3n) is 3.70. The number of H-pyrrole nitrogens is 1. The van der Waals surface area contributed by atoms with Crippen LogP contribution in [0.15, 0.2) is 40.2 Å². The van der Waals surface area contributed by atoms with Crippen LogP contribution in [0.4, 0.5) is 0 Å². The van der Waals surface area contributed by atoms with Gasteiger partial charge in [0, 0.05) is 15.7 Å². The zero-order valence-electron chi connectivity index (χ0n) is 12.1. The average Bonchev–Trinajstić information content (AvgIpc) is 2.88. The van der Waals surface area contributed by atoms with Crippen LogP contribution in [0.2, 0.25) is 0 Å². The van der Waals surface area contributed by atoms with E-state index in [0.717, 1.165) is 34.1 Å². The van der Waals surface area contributed by atoms with Crippen molar-refractivity contribution in [2.75, 3.05) is 0 Å². The Labute approximate surface area is 136 Å². The number of nitrogens with one attached hydrogen (secondary N) is 1. The van der Waals surface area contributed by atoms with E-state index in [1.54, 1.807) is 0 Å². The summed E-state index contributed by atoms with van der Waals surface area (Å²) in [6.07, 6.45) is 1.82. The second-order valence-electron chi connectivity index (χ2n) is 5.15. The van der Waals surface area contributed by atoms with Crippen LogP contribution in [0.25, 0.3) is 0 Å². The fourth-order valence-corrected chi connectivity index (χ4v) is 3.19. The number of halogens is 1. The summed E-state index contributed by atoms with van der Waals surface area (Å²) in [6, 6.07) is 10.1. The van der Waals surface area contributed by atoms with Crippen molar-refractivity contribution in [1.29, 1.82) is 5.26 Å². The number of aromatic nitrogens is 2. The van der Waals surface area contributed by atoms with E-state index in [1.165, 1.54) is 0 Å². The summed E-state index contributed by atoms with van der Waals surface area (Å²) < 4.78 is 6.48. The smallest absolute Gasteiger partial charge is 0.244 e. The van der Waals surface area contributed by atoms with Gasteiger partial charge in [-0.3, -0.25) is 5.10 Å². The van der Waals surface area contributed by atoms with Crippen LogP contribution in [0.1, 0.15) is 36.1 Å². The Morgan fingerprint density at radius 1 is 1.50 bits per heavy atom. The second kappa shape index (κ2) is 5.85. The molecule has 0 saturated carbocycles. The van der Waals surface area contributed by atoms with Gasteiger partial charge in [0.2, 0.25) is 11.8 Å². The van der Waals surface area contributed by atoms with E-state index >= 15 is 0 Å². The largest absolute Gasteiger partial charge is 0.420 e. The van der Waals surface area contributed by atoms with Gasteiger partial charge >= 0.3 is 0 Å². The standard InChI is InChI=1S/C16H15BrN4O/c1-2-4-12-14-13(9-5-3-6-10(17)7-9)11(8-18)15(19)22-16(14)21-20-12/h3,5-7,13H,2,4,19H2,1H3,(H,20,21)/t13-/m0/s1. The number of benzene rings is 1. The molecule has 2 aromatic rings. The number of nitrogens with zero attached hydrogens (tertiary/aromatic N) is 2. The zero-order valence-corrected chi connectivity index (χ0v) is 13.6. The maximum absolute atomic E-state index is 9.54. The van der Waals surface area contributed by atoms with Gasteiger partial charge in [0.25, 0.3) is 0 Å². The first kappa shape index (κ1) is 14.7. The fraction of sp³-hybridized carbons (Fsp3) is 0.250. The van der Waals surface area contributed by atoms with Gasteiger partial charge in [-0.25, -0.2) is 0 Å². The number of fused-ring (bicyclic) bond motifs is 1. The van der Waals surface area contributed by atoms with E-state index < -0.39 is 0 Å². The van der Waals surface area contributed by atoms with Crippen LogP contribution < -0.4 is 10.5 Å². The molecule has 1 aromatic heterocycles. The predicted molar refractivity (Wildman–Crippen MR) is 86.0 cm³/mol. The van der Waals surface area contributed by atoms with Crippen molar-refractivity contribution in [3.05, 3.63) is 57.0 Å². The summed E-state index contributed by atoms with van der Waals surface area (Å²) in [4.78, 5) is 0. The van der Waals surface area contributed by atoms with Crippen molar-refractivity contribution in [2.24, 2.45) is 5.73 Å². The van der Waals surface area contributed by atoms with Gasteiger partial charge in [-0.05, 0) is 24.1 Å². The molecule has 0 bridgehead atoms. The summed E-state index contributed by atoms with van der Waals surface area (Å²) in [6.45, 7) is 2.10. The number of hydrogen-bond donors (Lipinski definition) is 2. The van der Waals surface area contributed by atoms with Crippen molar-refractivity contribution in [3.8, 4) is 11.9 Å². The lowest BCUT2D eigenvalue weighted by molar-refractivity contribution is 0.378. The van der Waals surface area contributed by atoms with E-state index in [-0.39, 0.29) is 11.8 Å². The SMILES string of the molecule is CCCc1[nH]nc2c1[C@@H](c1cccc(Br)c1)C(C#N)=C(N)O2. The molecular formula is C16H15BrN4O. The number of aryl methyl sites for hydroxylation is 1. The van der Waals surface area contributed by atoms with Gasteiger partial charge < -0.3 is 10.5 Å². The highest BCUT2D eigenvalue weighted by atomic mass is 79.9. The molecule has 5 nitrogen and oxygen atoms in total. The number of allylic oxidation sites excluding steroid dienone is 1. The van der Waals surface area contributed by atoms with E-state index in [1.807, 2.05) is 24.3 Å². The van der Waals surface area contributed by atoms with Gasteiger partial charge in [-0.2, -0.15) is 5.26 Å². The summed E-state index contributed by atoms with van der Waals surface area (Å²) in [5.74, 6) is 0.325. The number of nitriles is 1. The molecule has 0 saturated heterocycles. The minimum atomic E-state index is -0.258. The second-order valence-corrected chi connectivity index (χ2v) is 6.07. The van der Waals surface area contributed by atoms with Crippen molar-refractivity contribution in [2.45, 2.75) is 25.7 Å². The van der Waals surface area contributed by atoms with E-state index in [9.17, 15) is 5.26 Å². The van der Waals surface area contributed by atoms with E-state index in [0.29, 0.717) is 11.5 Å². The number of nitrogens with two attached hydrogens (primary N) is 1. The van der Waals surface area contributed by atoms with Crippen molar-refractivity contribution < 1.29 is 4.74 Å². The number of ether oxygens (including phenoxy) is 1. The molecule has 6 heteroatoms. The summed E-state index contributed by atoms with van der Waals surface area (Å²) in [5.41, 5.74) is 9.22. The van der Waals surface area contributed by atoms with Crippen LogP contribution in [0.5, 0.6) is 5.88 Å². The fourth-order valence-electron chi connectivity index (χ4n) is 2.77. The van der Waals surface area contributed by atoms with Crippen molar-refractivity contribution >= 4 is 15.9 Å². The third-order valence-corrected chi connectivity index (χ3v) is 4.19. The summed E-state index contributed by atoms with van der Waals surface area (Å²) >= 11 is 3.48. The zero-order chi connectivity index (χ0) is 15.7. The first-order chi connectivity index (χ1) is 10.7. The molecule has 0 aliphatic carbocycles. The lowest BCUT2D eigenvalue weighted by Crippen LogP contribution is -2.21. The minimum absolute atomic E-state index is 0.120. The highest BCUT2D eigenvalue weighted by Crippen LogP contribution is 2.43. The molecule has 1 atom stereocenters. The van der Waals surface area contributed by atoms with E-state index in [4.69, 9.17) is 10.5 Å². The van der Waals surface area contributed by atoms with Crippen LogP contribution in [-0.4, -0.2) is 10.2 Å². The van der Waals surface area contributed by atoms with Crippen LogP contribution in [0.3, 0.4) is 0 Å².